The number of nitrogens with one attached hydrogen (secondary N) is 2. The molecule has 58 heavy (non-hydrogen) atoms. The van der Waals surface area contributed by atoms with Crippen LogP contribution in [0.15, 0.2) is 12.3 Å². The minimum Gasteiger partial charge on any atom is -0.446 e. The van der Waals surface area contributed by atoms with Gasteiger partial charge < -0.3 is 20.3 Å². The fourth-order valence-electron chi connectivity index (χ4n) is 9.61. The van der Waals surface area contributed by atoms with Crippen molar-refractivity contribution >= 4 is 41.5 Å². The Bertz CT molecular complexity index is 1360. The summed E-state index contributed by atoms with van der Waals surface area (Å²) in [6.07, 6.45) is 21.2. The van der Waals surface area contributed by atoms with Gasteiger partial charge in [-0.3, -0.25) is 24.1 Å². The molecule has 0 radical (unpaired) electrons. The second-order valence-electron chi connectivity index (χ2n) is 18.0. The molecule has 0 spiro atoms. The number of thioether (sulfide) groups is 1. The van der Waals surface area contributed by atoms with Crippen molar-refractivity contribution in [1.82, 2.24) is 20.4 Å². The maximum atomic E-state index is 13.3. The number of hydrogen-bond donors (Lipinski definition) is 2. The van der Waals surface area contributed by atoms with Crippen LogP contribution in [0.2, 0.25) is 0 Å². The predicted octanol–water partition coefficient (Wildman–Crippen LogP) is 8.37. The normalized spacial score (nSPS) is 27.6. The highest BCUT2D eigenvalue weighted by atomic mass is 32.2. The lowest BCUT2D eigenvalue weighted by molar-refractivity contribution is -0.361. The molecule has 0 bridgehead atoms. The lowest BCUT2D eigenvalue weighted by Gasteiger charge is -2.31. The van der Waals surface area contributed by atoms with Crippen LogP contribution in [-0.2, 0) is 33.7 Å². The number of rotatable bonds is 18. The molecule has 5 fully saturated rings. The van der Waals surface area contributed by atoms with Gasteiger partial charge in [-0.15, -0.1) is 11.8 Å². The van der Waals surface area contributed by atoms with Gasteiger partial charge in [-0.2, -0.15) is 0 Å². The van der Waals surface area contributed by atoms with Crippen molar-refractivity contribution in [1.29, 1.82) is 0 Å². The van der Waals surface area contributed by atoms with E-state index in [-0.39, 0.29) is 84.7 Å². The largest absolute Gasteiger partial charge is 0.446 e. The number of carbonyl (C=O) groups excluding carboxylic acids is 5. The summed E-state index contributed by atoms with van der Waals surface area (Å²) in [7, 11) is 1.74. The molecule has 1 aliphatic heterocycles. The molecule has 5 amide bonds. The maximum absolute atomic E-state index is 13.3. The Morgan fingerprint density at radius 2 is 1.47 bits per heavy atom. The first-order valence-electron chi connectivity index (χ1n) is 23.0. The summed E-state index contributed by atoms with van der Waals surface area (Å²) < 4.78 is 5.85. The van der Waals surface area contributed by atoms with Gasteiger partial charge in [0, 0.05) is 62.3 Å². The number of amides is 5. The standard InChI is InChI=1S/C45H74N4O8S/c1-5-34(32(3)56-57-39-20-14-19-38(28-39)55-45(54)47-37-15-10-8-6-7-9-11-16-37)27-31(2)48(4)41(50)25-26-58-40-29-42(51)49(44(40)53)30-33-21-23-35(24-22-33)43(52)46-36-17-12-13-18-36/h32-40H,2,5-30H2,1,3-4H3,(H,46,52)(H,47,54)/t32-,33?,34?,35?,38?,39+,40?/m0/s1. The van der Waals surface area contributed by atoms with Crippen molar-refractivity contribution in [3.8, 4) is 0 Å². The Labute approximate surface area is 352 Å². The van der Waals surface area contributed by atoms with Gasteiger partial charge in [0.15, 0.2) is 0 Å². The lowest BCUT2D eigenvalue weighted by atomic mass is 9.81. The number of nitrogens with zero attached hydrogens (tertiary/aromatic N) is 2. The van der Waals surface area contributed by atoms with Crippen molar-refractivity contribution in [3.05, 3.63) is 12.3 Å². The van der Waals surface area contributed by atoms with Crippen LogP contribution in [0, 0.1) is 17.8 Å². The Balaban J connectivity index is 0.954. The third-order valence-electron chi connectivity index (χ3n) is 13.6. The average Bonchev–Trinajstić information content (AvgIpc) is 3.85. The molecule has 4 saturated carbocycles. The van der Waals surface area contributed by atoms with E-state index in [1.54, 1.807) is 11.9 Å². The van der Waals surface area contributed by atoms with E-state index in [2.05, 4.69) is 24.1 Å². The molecule has 5 atom stereocenters. The van der Waals surface area contributed by atoms with E-state index in [4.69, 9.17) is 14.5 Å². The molecular formula is C45H74N4O8S. The highest BCUT2D eigenvalue weighted by Crippen LogP contribution is 2.34. The van der Waals surface area contributed by atoms with Gasteiger partial charge in [0.05, 0.1) is 17.5 Å². The Morgan fingerprint density at radius 1 is 0.845 bits per heavy atom. The van der Waals surface area contributed by atoms with Crippen LogP contribution < -0.4 is 10.6 Å². The number of likely N-dealkylation sites (tertiary alicyclic amines) is 1. The molecule has 13 heteroatoms. The molecule has 5 aliphatic rings. The van der Waals surface area contributed by atoms with E-state index in [0.717, 1.165) is 89.9 Å². The van der Waals surface area contributed by atoms with E-state index < -0.39 is 5.25 Å². The summed E-state index contributed by atoms with van der Waals surface area (Å²) in [5.41, 5.74) is 0.693. The third kappa shape index (κ3) is 14.5. The van der Waals surface area contributed by atoms with Gasteiger partial charge >= 0.3 is 6.09 Å². The van der Waals surface area contributed by atoms with Gasteiger partial charge in [0.1, 0.15) is 6.10 Å². The van der Waals surface area contributed by atoms with Crippen molar-refractivity contribution in [2.75, 3.05) is 19.3 Å². The van der Waals surface area contributed by atoms with Crippen molar-refractivity contribution < 1.29 is 38.5 Å². The van der Waals surface area contributed by atoms with Crippen LogP contribution in [0.25, 0.3) is 0 Å². The van der Waals surface area contributed by atoms with Crippen molar-refractivity contribution in [2.45, 2.75) is 204 Å². The molecule has 4 aliphatic carbocycles. The van der Waals surface area contributed by atoms with Crippen molar-refractivity contribution in [3.63, 3.8) is 0 Å². The first-order chi connectivity index (χ1) is 28.0. The second-order valence-corrected chi connectivity index (χ2v) is 19.3. The van der Waals surface area contributed by atoms with Crippen LogP contribution >= 0.6 is 11.8 Å². The first-order valence-corrected chi connectivity index (χ1v) is 24.0. The van der Waals surface area contributed by atoms with E-state index in [0.29, 0.717) is 36.9 Å². The Kier molecular flexibility index (Phi) is 19.2. The van der Waals surface area contributed by atoms with Crippen LogP contribution in [0.3, 0.4) is 0 Å². The Hall–Kier alpha value is -2.64. The minimum atomic E-state index is -0.464. The highest BCUT2D eigenvalue weighted by molar-refractivity contribution is 8.00. The number of hydrogen-bond acceptors (Lipinski definition) is 9. The van der Waals surface area contributed by atoms with Gasteiger partial charge in [0.2, 0.25) is 23.6 Å². The van der Waals surface area contributed by atoms with Gasteiger partial charge in [-0.25, -0.2) is 14.6 Å². The molecule has 12 nitrogen and oxygen atoms in total. The summed E-state index contributed by atoms with van der Waals surface area (Å²) in [5, 5.41) is 5.89. The van der Waals surface area contributed by atoms with Gasteiger partial charge in [-0.05, 0) is 95.8 Å². The molecule has 3 unspecified atom stereocenters. The fourth-order valence-corrected chi connectivity index (χ4v) is 10.7. The number of allylic oxidation sites excluding steroid dienone is 1. The fraction of sp³-hybridized carbons (Fsp3) is 0.844. The van der Waals surface area contributed by atoms with E-state index in [1.165, 1.54) is 55.2 Å². The summed E-state index contributed by atoms with van der Waals surface area (Å²) >= 11 is 1.38. The SMILES string of the molecule is C=C(CC(CC)[C@H](C)OO[C@@H]1CCCC(OC(=O)NC2CCCCCCCC2)C1)N(C)C(=O)CCSC1CC(=O)N(CC2CCC(C(=O)NC3CCCC3)CC2)C1=O. The number of imide groups is 1. The molecule has 328 valence electrons. The molecule has 5 rings (SSSR count). The molecule has 0 aromatic rings. The Morgan fingerprint density at radius 3 is 2.14 bits per heavy atom. The average molecular weight is 831 g/mol. The molecule has 0 aromatic carbocycles. The highest BCUT2D eigenvalue weighted by Gasteiger charge is 2.41. The molecule has 2 N–H and O–H groups in total. The van der Waals surface area contributed by atoms with E-state index in [1.807, 2.05) is 6.92 Å². The summed E-state index contributed by atoms with van der Waals surface area (Å²) in [6.45, 7) is 8.71. The van der Waals surface area contributed by atoms with Gasteiger partial charge in [0.25, 0.3) is 0 Å². The van der Waals surface area contributed by atoms with Crippen LogP contribution in [0.4, 0.5) is 4.79 Å². The minimum absolute atomic E-state index is 0.0310. The molecule has 1 heterocycles. The summed E-state index contributed by atoms with van der Waals surface area (Å²) in [5.74, 6) is 0.569. The second kappa shape index (κ2) is 24.0. The maximum Gasteiger partial charge on any atom is 0.407 e. The zero-order chi connectivity index (χ0) is 41.4. The number of ether oxygens (including phenoxy) is 1. The third-order valence-corrected chi connectivity index (χ3v) is 14.8. The molecular weight excluding hydrogens is 757 g/mol. The van der Waals surface area contributed by atoms with Gasteiger partial charge in [-0.1, -0.05) is 71.3 Å². The summed E-state index contributed by atoms with van der Waals surface area (Å²) in [4.78, 5) is 79.8. The number of carbonyl (C=O) groups is 5. The zero-order valence-electron chi connectivity index (χ0n) is 35.9. The van der Waals surface area contributed by atoms with Crippen LogP contribution in [0.5, 0.6) is 0 Å². The smallest absolute Gasteiger partial charge is 0.407 e. The van der Waals surface area contributed by atoms with Crippen LogP contribution in [0.1, 0.15) is 168 Å². The monoisotopic (exact) mass is 831 g/mol. The number of alkyl carbamates (subject to hydrolysis) is 1. The first kappa shape index (κ1) is 46.4. The molecule has 0 aromatic heterocycles. The molecule has 1 saturated heterocycles. The van der Waals surface area contributed by atoms with E-state index >= 15 is 0 Å². The predicted molar refractivity (Wildman–Crippen MR) is 226 cm³/mol. The van der Waals surface area contributed by atoms with Crippen LogP contribution in [-0.4, -0.2) is 94.5 Å². The zero-order valence-corrected chi connectivity index (χ0v) is 36.7. The quantitative estimate of drug-likeness (QED) is 0.0792. The topological polar surface area (TPSA) is 144 Å². The van der Waals surface area contributed by atoms with Crippen molar-refractivity contribution in [2.24, 2.45) is 17.8 Å². The summed E-state index contributed by atoms with van der Waals surface area (Å²) in [6, 6.07) is 0.517. The van der Waals surface area contributed by atoms with E-state index in [9.17, 15) is 24.0 Å². The lowest BCUT2D eigenvalue weighted by Crippen LogP contribution is -2.41.